The van der Waals surface area contributed by atoms with Gasteiger partial charge in [-0.2, -0.15) is 5.11 Å². The number of nitrogens with two attached hydrogens (primary N) is 1. The molecule has 0 radical (unpaired) electrons. The molecule has 34 heavy (non-hydrogen) atoms. The van der Waals surface area contributed by atoms with Gasteiger partial charge in [-0.05, 0) is 38.0 Å². The molecule has 172 valence electrons. The van der Waals surface area contributed by atoms with Crippen LogP contribution in [-0.2, 0) is 0 Å². The zero-order valence-electron chi connectivity index (χ0n) is 18.4. The van der Waals surface area contributed by atoms with Gasteiger partial charge in [-0.3, -0.25) is 0 Å². The molecule has 0 aliphatic heterocycles. The maximum atomic E-state index is 14.0. The molecule has 0 saturated heterocycles. The maximum absolute atomic E-state index is 14.0. The second-order valence-corrected chi connectivity index (χ2v) is 8.09. The number of anilines is 2. The summed E-state index contributed by atoms with van der Waals surface area (Å²) in [5, 5.41) is 7.24. The van der Waals surface area contributed by atoms with E-state index < -0.39 is 11.9 Å². The molecule has 1 aromatic carbocycles. The van der Waals surface area contributed by atoms with Crippen LogP contribution >= 0.6 is 0 Å². The molecule has 1 aliphatic rings. The SMILES string of the molecule is CC(/C(=C/Nc1ccccc1F)N=N)n1cc(-c2ccc(OC3CC3)nc2)c2c(N)ncnc21. The minimum Gasteiger partial charge on any atom is -0.474 e. The highest BCUT2D eigenvalue weighted by Gasteiger charge is 2.24. The molecule has 4 aromatic rings. The van der Waals surface area contributed by atoms with Crippen LogP contribution in [0.5, 0.6) is 5.88 Å². The largest absolute Gasteiger partial charge is 0.474 e. The summed E-state index contributed by atoms with van der Waals surface area (Å²) in [4.78, 5) is 13.0. The number of nitrogens with zero attached hydrogens (tertiary/aromatic N) is 5. The molecule has 0 bridgehead atoms. The lowest BCUT2D eigenvalue weighted by atomic mass is 10.1. The summed E-state index contributed by atoms with van der Waals surface area (Å²) in [6.07, 6.45) is 8.92. The van der Waals surface area contributed by atoms with Crippen LogP contribution in [0.2, 0.25) is 0 Å². The van der Waals surface area contributed by atoms with Gasteiger partial charge in [0.25, 0.3) is 0 Å². The number of ether oxygens (including phenoxy) is 1. The minimum atomic E-state index is -0.409. The van der Waals surface area contributed by atoms with Crippen molar-refractivity contribution in [3.8, 4) is 17.0 Å². The van der Waals surface area contributed by atoms with Crippen molar-refractivity contribution in [1.29, 1.82) is 5.53 Å². The lowest BCUT2D eigenvalue weighted by Crippen LogP contribution is -2.08. The Morgan fingerprint density at radius 1 is 1.26 bits per heavy atom. The first-order valence-corrected chi connectivity index (χ1v) is 10.9. The van der Waals surface area contributed by atoms with Crippen molar-refractivity contribution in [2.24, 2.45) is 5.11 Å². The van der Waals surface area contributed by atoms with Crippen molar-refractivity contribution in [3.63, 3.8) is 0 Å². The molecule has 1 aliphatic carbocycles. The summed E-state index contributed by atoms with van der Waals surface area (Å²) in [5.41, 5.74) is 16.8. The zero-order chi connectivity index (χ0) is 23.7. The fraction of sp³-hybridized carbons (Fsp3) is 0.208. The van der Waals surface area contributed by atoms with Gasteiger partial charge in [-0.25, -0.2) is 24.9 Å². The van der Waals surface area contributed by atoms with Crippen molar-refractivity contribution in [2.45, 2.75) is 31.9 Å². The van der Waals surface area contributed by atoms with E-state index in [-0.39, 0.29) is 6.10 Å². The van der Waals surface area contributed by atoms with E-state index in [1.165, 1.54) is 18.6 Å². The summed E-state index contributed by atoms with van der Waals surface area (Å²) in [6, 6.07) is 9.65. The molecule has 0 spiro atoms. The van der Waals surface area contributed by atoms with Crippen LogP contribution in [0.15, 0.2) is 72.1 Å². The number of para-hydroxylation sites is 1. The highest BCUT2D eigenvalue weighted by Crippen LogP contribution is 2.36. The van der Waals surface area contributed by atoms with Gasteiger partial charge in [0, 0.05) is 35.8 Å². The fourth-order valence-corrected chi connectivity index (χ4v) is 3.71. The Morgan fingerprint density at radius 2 is 2.09 bits per heavy atom. The van der Waals surface area contributed by atoms with Gasteiger partial charge in [-0.15, -0.1) is 0 Å². The number of pyridine rings is 1. The Labute approximate surface area is 195 Å². The molecule has 5 rings (SSSR count). The highest BCUT2D eigenvalue weighted by atomic mass is 19.1. The van der Waals surface area contributed by atoms with Gasteiger partial charge in [0.2, 0.25) is 5.88 Å². The number of allylic oxidation sites excluding steroid dienone is 1. The zero-order valence-corrected chi connectivity index (χ0v) is 18.4. The number of rotatable bonds is 8. The van der Waals surface area contributed by atoms with Gasteiger partial charge < -0.3 is 20.4 Å². The van der Waals surface area contributed by atoms with E-state index in [1.807, 2.05) is 29.8 Å². The van der Waals surface area contributed by atoms with Crippen molar-refractivity contribution in [1.82, 2.24) is 19.5 Å². The van der Waals surface area contributed by atoms with E-state index in [0.717, 1.165) is 24.0 Å². The van der Waals surface area contributed by atoms with E-state index >= 15 is 0 Å². The number of hydrogen-bond donors (Lipinski definition) is 3. The second-order valence-electron chi connectivity index (χ2n) is 8.09. The van der Waals surface area contributed by atoms with Crippen LogP contribution in [0.25, 0.3) is 22.2 Å². The summed E-state index contributed by atoms with van der Waals surface area (Å²) in [5.74, 6) is 0.527. The first-order valence-electron chi connectivity index (χ1n) is 10.9. The average Bonchev–Trinajstić information content (AvgIpc) is 3.57. The van der Waals surface area contributed by atoms with Crippen LogP contribution in [-0.4, -0.2) is 25.6 Å². The highest BCUT2D eigenvalue weighted by molar-refractivity contribution is 6.00. The summed E-state index contributed by atoms with van der Waals surface area (Å²) < 4.78 is 21.6. The molecule has 1 unspecified atom stereocenters. The second kappa shape index (κ2) is 8.89. The first-order chi connectivity index (χ1) is 16.5. The maximum Gasteiger partial charge on any atom is 0.213 e. The Balaban J connectivity index is 1.51. The third-order valence-electron chi connectivity index (χ3n) is 5.72. The Kier molecular flexibility index (Phi) is 5.62. The van der Waals surface area contributed by atoms with Crippen LogP contribution in [0.3, 0.4) is 0 Å². The molecule has 10 heteroatoms. The molecule has 0 amide bonds. The standard InChI is InChI=1S/C24H23FN8O/c1-14(20(32-27)11-28-19-5-3-2-4-18(19)25)33-12-17(22-23(26)30-13-31-24(22)33)15-6-9-21(29-10-15)34-16-7-8-16/h2-6,9-14,16,27-28H,7-8H2,1H3,(H2,26,30,31)/b20-11-,32-27?. The summed E-state index contributed by atoms with van der Waals surface area (Å²) in [7, 11) is 0. The lowest BCUT2D eigenvalue weighted by molar-refractivity contribution is 0.291. The molecule has 1 fully saturated rings. The van der Waals surface area contributed by atoms with E-state index in [0.29, 0.717) is 34.1 Å². The van der Waals surface area contributed by atoms with Gasteiger partial charge in [0.1, 0.15) is 35.4 Å². The fourth-order valence-electron chi connectivity index (χ4n) is 3.71. The number of nitrogens with one attached hydrogen (secondary N) is 2. The average molecular weight is 459 g/mol. The Hall–Kier alpha value is -4.34. The van der Waals surface area contributed by atoms with Crippen LogP contribution in [0.1, 0.15) is 25.8 Å². The van der Waals surface area contributed by atoms with Gasteiger partial charge in [-0.1, -0.05) is 12.1 Å². The predicted molar refractivity (Wildman–Crippen MR) is 127 cm³/mol. The number of benzene rings is 1. The number of aromatic nitrogens is 4. The normalized spacial score (nSPS) is 14.7. The first kappa shape index (κ1) is 21.5. The number of halogens is 1. The third kappa shape index (κ3) is 4.17. The van der Waals surface area contributed by atoms with Gasteiger partial charge >= 0.3 is 0 Å². The summed E-state index contributed by atoms with van der Waals surface area (Å²) in [6.45, 7) is 1.87. The third-order valence-corrected chi connectivity index (χ3v) is 5.72. The van der Waals surface area contributed by atoms with Gasteiger partial charge in [0.15, 0.2) is 0 Å². The van der Waals surface area contributed by atoms with Crippen molar-refractivity contribution >= 4 is 22.5 Å². The monoisotopic (exact) mass is 458 g/mol. The Morgan fingerprint density at radius 3 is 2.79 bits per heavy atom. The molecule has 9 nitrogen and oxygen atoms in total. The quantitative estimate of drug-likeness (QED) is 0.307. The lowest BCUT2D eigenvalue weighted by Gasteiger charge is -2.15. The minimum absolute atomic E-state index is 0.266. The van der Waals surface area contributed by atoms with Crippen LogP contribution in [0, 0.1) is 11.3 Å². The Bertz CT molecular complexity index is 1380. The van der Waals surface area contributed by atoms with E-state index in [9.17, 15) is 4.39 Å². The number of fused-ring (bicyclic) bond motifs is 1. The molecule has 1 saturated carbocycles. The van der Waals surface area contributed by atoms with Crippen molar-refractivity contribution in [2.75, 3.05) is 11.1 Å². The van der Waals surface area contributed by atoms with E-state index in [2.05, 4.69) is 25.4 Å². The molecule has 4 N–H and O–H groups in total. The summed E-state index contributed by atoms with van der Waals surface area (Å²) >= 11 is 0. The smallest absolute Gasteiger partial charge is 0.213 e. The van der Waals surface area contributed by atoms with Crippen LogP contribution in [0.4, 0.5) is 15.9 Å². The van der Waals surface area contributed by atoms with Gasteiger partial charge in [0.05, 0.1) is 17.1 Å². The predicted octanol–water partition coefficient (Wildman–Crippen LogP) is 5.30. The number of hydrogen-bond acceptors (Lipinski definition) is 8. The van der Waals surface area contributed by atoms with Crippen molar-refractivity contribution in [3.05, 3.63) is 72.8 Å². The van der Waals surface area contributed by atoms with Crippen LogP contribution < -0.4 is 15.8 Å². The molecule has 3 aromatic heterocycles. The van der Waals surface area contributed by atoms with E-state index in [4.69, 9.17) is 16.0 Å². The topological polar surface area (TPSA) is 127 Å². The van der Waals surface area contributed by atoms with E-state index in [1.54, 1.807) is 24.4 Å². The molecular weight excluding hydrogens is 435 g/mol. The number of nitrogen functional groups attached to an aromatic ring is 1. The molecular formula is C24H23FN8O. The molecule has 3 heterocycles. The molecule has 1 atom stereocenters. The van der Waals surface area contributed by atoms with Crippen molar-refractivity contribution < 1.29 is 9.13 Å².